The summed E-state index contributed by atoms with van der Waals surface area (Å²) in [7, 11) is 0. The fourth-order valence-electron chi connectivity index (χ4n) is 2.19. The summed E-state index contributed by atoms with van der Waals surface area (Å²) >= 11 is 0. The van der Waals surface area contributed by atoms with Crippen molar-refractivity contribution in [3.63, 3.8) is 0 Å². The van der Waals surface area contributed by atoms with Crippen LogP contribution in [0.15, 0.2) is 22.8 Å². The minimum Gasteiger partial charge on any atom is -0.464 e. The monoisotopic (exact) mass is 187 g/mol. The van der Waals surface area contributed by atoms with Gasteiger partial charge in [0.25, 0.3) is 0 Å². The molecule has 1 aliphatic rings. The Bertz CT molecular complexity index is 484. The third kappa shape index (κ3) is 1.01. The minimum atomic E-state index is 0.944. The van der Waals surface area contributed by atoms with Crippen molar-refractivity contribution in [2.75, 3.05) is 6.54 Å². The molecule has 0 saturated carbocycles. The highest BCUT2D eigenvalue weighted by atomic mass is 16.3. The van der Waals surface area contributed by atoms with Gasteiger partial charge in [-0.3, -0.25) is 0 Å². The predicted octanol–water partition coefficient (Wildman–Crippen LogP) is 2.39. The van der Waals surface area contributed by atoms with E-state index in [4.69, 9.17) is 4.42 Å². The molecule has 3 rings (SSSR count). The van der Waals surface area contributed by atoms with E-state index in [0.29, 0.717) is 0 Å². The fourth-order valence-corrected chi connectivity index (χ4v) is 2.19. The Hall–Kier alpha value is -1.28. The first-order valence-electron chi connectivity index (χ1n) is 5.05. The van der Waals surface area contributed by atoms with Gasteiger partial charge in [-0.2, -0.15) is 0 Å². The largest absolute Gasteiger partial charge is 0.464 e. The Labute approximate surface area is 82.9 Å². The number of nitrogens with one attached hydrogen (secondary N) is 1. The highest BCUT2D eigenvalue weighted by Crippen LogP contribution is 2.28. The Morgan fingerprint density at radius 3 is 3.21 bits per heavy atom. The van der Waals surface area contributed by atoms with Gasteiger partial charge in [0.05, 0.1) is 6.26 Å². The second kappa shape index (κ2) is 2.85. The first kappa shape index (κ1) is 8.06. The highest BCUT2D eigenvalue weighted by molar-refractivity contribution is 5.84. The summed E-state index contributed by atoms with van der Waals surface area (Å²) in [6, 6.07) is 4.42. The van der Waals surface area contributed by atoms with Crippen molar-refractivity contribution in [3.8, 4) is 0 Å². The third-order valence-electron chi connectivity index (χ3n) is 3.01. The molecular formula is C12H13NO. The number of rotatable bonds is 0. The van der Waals surface area contributed by atoms with E-state index in [1.807, 2.05) is 6.26 Å². The Morgan fingerprint density at radius 2 is 2.29 bits per heavy atom. The van der Waals surface area contributed by atoms with E-state index in [1.54, 1.807) is 0 Å². The Kier molecular flexibility index (Phi) is 1.64. The van der Waals surface area contributed by atoms with Crippen LogP contribution in [0.3, 0.4) is 0 Å². The topological polar surface area (TPSA) is 25.2 Å². The quantitative estimate of drug-likeness (QED) is 0.685. The van der Waals surface area contributed by atoms with Crippen LogP contribution in [-0.2, 0) is 13.0 Å². The van der Waals surface area contributed by atoms with Crippen LogP contribution in [0.25, 0.3) is 11.0 Å². The van der Waals surface area contributed by atoms with E-state index in [0.717, 1.165) is 25.1 Å². The number of fused-ring (bicyclic) bond motifs is 3. The third-order valence-corrected chi connectivity index (χ3v) is 3.01. The maximum Gasteiger partial charge on any atom is 0.138 e. The molecular weight excluding hydrogens is 174 g/mol. The molecule has 2 heteroatoms. The van der Waals surface area contributed by atoms with Crippen molar-refractivity contribution in [1.82, 2.24) is 5.32 Å². The molecule has 0 saturated heterocycles. The summed E-state index contributed by atoms with van der Waals surface area (Å²) in [5.74, 6) is 0. The SMILES string of the molecule is Cc1coc2c3c(ccc12)CCNC3. The summed E-state index contributed by atoms with van der Waals surface area (Å²) in [5.41, 5.74) is 5.09. The van der Waals surface area contributed by atoms with Crippen molar-refractivity contribution in [1.29, 1.82) is 0 Å². The van der Waals surface area contributed by atoms with E-state index in [9.17, 15) is 0 Å². The van der Waals surface area contributed by atoms with Crippen LogP contribution in [0.2, 0.25) is 0 Å². The van der Waals surface area contributed by atoms with Gasteiger partial charge in [0.1, 0.15) is 5.58 Å². The van der Waals surface area contributed by atoms with Crippen molar-refractivity contribution in [3.05, 3.63) is 35.1 Å². The molecule has 0 atom stereocenters. The maximum atomic E-state index is 5.61. The predicted molar refractivity (Wildman–Crippen MR) is 56.4 cm³/mol. The van der Waals surface area contributed by atoms with Gasteiger partial charge in [-0.15, -0.1) is 0 Å². The van der Waals surface area contributed by atoms with Crippen LogP contribution in [0.5, 0.6) is 0 Å². The average molecular weight is 187 g/mol. The first-order valence-corrected chi connectivity index (χ1v) is 5.05. The average Bonchev–Trinajstić information content (AvgIpc) is 2.61. The second-order valence-corrected chi connectivity index (χ2v) is 3.93. The number of furan rings is 1. The zero-order valence-electron chi connectivity index (χ0n) is 8.26. The summed E-state index contributed by atoms with van der Waals surface area (Å²) in [4.78, 5) is 0. The van der Waals surface area contributed by atoms with Crippen LogP contribution in [0, 0.1) is 6.92 Å². The number of benzene rings is 1. The van der Waals surface area contributed by atoms with Gasteiger partial charge in [0.2, 0.25) is 0 Å². The molecule has 2 nitrogen and oxygen atoms in total. The van der Waals surface area contributed by atoms with E-state index in [-0.39, 0.29) is 0 Å². The van der Waals surface area contributed by atoms with Crippen molar-refractivity contribution in [2.24, 2.45) is 0 Å². The van der Waals surface area contributed by atoms with Crippen LogP contribution in [0.1, 0.15) is 16.7 Å². The highest BCUT2D eigenvalue weighted by Gasteiger charge is 2.14. The van der Waals surface area contributed by atoms with Gasteiger partial charge >= 0.3 is 0 Å². The molecule has 1 aliphatic heterocycles. The fraction of sp³-hybridized carbons (Fsp3) is 0.333. The molecule has 0 amide bonds. The molecule has 0 aliphatic carbocycles. The molecule has 2 heterocycles. The normalized spacial score (nSPS) is 15.8. The Morgan fingerprint density at radius 1 is 1.36 bits per heavy atom. The van der Waals surface area contributed by atoms with Gasteiger partial charge in [0.15, 0.2) is 0 Å². The van der Waals surface area contributed by atoms with Gasteiger partial charge in [-0.25, -0.2) is 0 Å². The smallest absolute Gasteiger partial charge is 0.138 e. The maximum absolute atomic E-state index is 5.61. The lowest BCUT2D eigenvalue weighted by atomic mass is 9.98. The van der Waals surface area contributed by atoms with E-state index < -0.39 is 0 Å². The lowest BCUT2D eigenvalue weighted by Crippen LogP contribution is -2.23. The van der Waals surface area contributed by atoms with Gasteiger partial charge in [-0.05, 0) is 31.0 Å². The van der Waals surface area contributed by atoms with Gasteiger partial charge < -0.3 is 9.73 Å². The number of hydrogen-bond acceptors (Lipinski definition) is 2. The molecule has 14 heavy (non-hydrogen) atoms. The van der Waals surface area contributed by atoms with Crippen LogP contribution in [0.4, 0.5) is 0 Å². The number of aryl methyl sites for hydroxylation is 1. The molecule has 0 radical (unpaired) electrons. The van der Waals surface area contributed by atoms with E-state index in [1.165, 1.54) is 22.1 Å². The zero-order valence-corrected chi connectivity index (χ0v) is 8.26. The van der Waals surface area contributed by atoms with Crippen LogP contribution >= 0.6 is 0 Å². The molecule has 0 bridgehead atoms. The van der Waals surface area contributed by atoms with Crippen molar-refractivity contribution >= 4 is 11.0 Å². The van der Waals surface area contributed by atoms with E-state index in [2.05, 4.69) is 24.4 Å². The molecule has 0 fully saturated rings. The van der Waals surface area contributed by atoms with E-state index >= 15 is 0 Å². The molecule has 1 N–H and O–H groups in total. The molecule has 0 unspecified atom stereocenters. The zero-order chi connectivity index (χ0) is 9.54. The molecule has 1 aromatic carbocycles. The van der Waals surface area contributed by atoms with Crippen LogP contribution in [-0.4, -0.2) is 6.54 Å². The number of hydrogen-bond donors (Lipinski definition) is 1. The Balaban J connectivity index is 2.35. The molecule has 0 spiro atoms. The van der Waals surface area contributed by atoms with Crippen LogP contribution < -0.4 is 5.32 Å². The lowest BCUT2D eigenvalue weighted by Gasteiger charge is -2.16. The molecule has 72 valence electrons. The summed E-state index contributed by atoms with van der Waals surface area (Å²) in [6.45, 7) is 4.12. The molecule has 1 aromatic heterocycles. The standard InChI is InChI=1S/C12H13NO/c1-8-7-14-12-10(8)3-2-9-4-5-13-6-11(9)12/h2-3,7,13H,4-6H2,1H3. The molecule has 2 aromatic rings. The van der Waals surface area contributed by atoms with Gasteiger partial charge in [0, 0.05) is 17.5 Å². The van der Waals surface area contributed by atoms with Gasteiger partial charge in [-0.1, -0.05) is 12.1 Å². The summed E-state index contributed by atoms with van der Waals surface area (Å²) in [6.07, 6.45) is 2.96. The van der Waals surface area contributed by atoms with Crippen molar-refractivity contribution in [2.45, 2.75) is 19.9 Å². The minimum absolute atomic E-state index is 0.944. The second-order valence-electron chi connectivity index (χ2n) is 3.93. The van der Waals surface area contributed by atoms with Crippen molar-refractivity contribution < 1.29 is 4.42 Å². The summed E-state index contributed by atoms with van der Waals surface area (Å²) in [5, 5.41) is 4.64. The lowest BCUT2D eigenvalue weighted by molar-refractivity contribution is 0.588. The first-order chi connectivity index (χ1) is 6.86. The summed E-state index contributed by atoms with van der Waals surface area (Å²) < 4.78 is 5.61.